The predicted molar refractivity (Wildman–Crippen MR) is 88.0 cm³/mol. The smallest absolute Gasteiger partial charge is 0.411 e. The lowest BCUT2D eigenvalue weighted by Crippen LogP contribution is -2.14. The SMILES string of the molecule is CCOC(=O)Nc1cccnc1-c1cc(=O)c2cccc(O)c2o1. The van der Waals surface area contributed by atoms with Gasteiger partial charge in [0.05, 0.1) is 17.7 Å². The summed E-state index contributed by atoms with van der Waals surface area (Å²) in [5.74, 6) is -0.0244. The van der Waals surface area contributed by atoms with Crippen molar-refractivity contribution in [1.29, 1.82) is 0 Å². The fourth-order valence-corrected chi connectivity index (χ4v) is 2.26. The second kappa shape index (κ2) is 6.41. The van der Waals surface area contributed by atoms with Crippen LogP contribution in [0.5, 0.6) is 5.75 Å². The lowest BCUT2D eigenvalue weighted by Gasteiger charge is -2.10. The molecule has 0 radical (unpaired) electrons. The van der Waals surface area contributed by atoms with Crippen molar-refractivity contribution in [2.45, 2.75) is 6.92 Å². The van der Waals surface area contributed by atoms with Crippen LogP contribution in [0.1, 0.15) is 6.92 Å². The minimum atomic E-state index is -0.641. The molecule has 0 saturated heterocycles. The van der Waals surface area contributed by atoms with Gasteiger partial charge in [-0.3, -0.25) is 15.1 Å². The fraction of sp³-hybridized carbons (Fsp3) is 0.118. The highest BCUT2D eigenvalue weighted by Gasteiger charge is 2.15. The number of anilines is 1. The maximum absolute atomic E-state index is 12.3. The number of pyridine rings is 1. The summed E-state index contributed by atoms with van der Waals surface area (Å²) in [7, 11) is 0. The number of hydrogen-bond acceptors (Lipinski definition) is 6. The molecular weight excluding hydrogens is 312 g/mol. The van der Waals surface area contributed by atoms with Gasteiger partial charge in [0, 0.05) is 12.3 Å². The van der Waals surface area contributed by atoms with Crippen LogP contribution in [0, 0.1) is 0 Å². The summed E-state index contributed by atoms with van der Waals surface area (Å²) in [5.41, 5.74) is 0.323. The Hall–Kier alpha value is -3.35. The third kappa shape index (κ3) is 2.91. The van der Waals surface area contributed by atoms with Gasteiger partial charge < -0.3 is 14.3 Å². The quantitative estimate of drug-likeness (QED) is 0.766. The van der Waals surface area contributed by atoms with Crippen LogP contribution < -0.4 is 10.7 Å². The van der Waals surface area contributed by atoms with E-state index in [1.165, 1.54) is 18.3 Å². The van der Waals surface area contributed by atoms with E-state index in [1.54, 1.807) is 31.2 Å². The highest BCUT2D eigenvalue weighted by molar-refractivity contribution is 5.90. The first kappa shape index (κ1) is 15.5. The van der Waals surface area contributed by atoms with Crippen LogP contribution in [0.4, 0.5) is 10.5 Å². The number of aromatic nitrogens is 1. The second-order valence-corrected chi connectivity index (χ2v) is 4.87. The lowest BCUT2D eigenvalue weighted by atomic mass is 10.1. The average Bonchev–Trinajstić information content (AvgIpc) is 2.56. The van der Waals surface area contributed by atoms with Crippen molar-refractivity contribution in [1.82, 2.24) is 4.98 Å². The number of ether oxygens (including phenoxy) is 1. The molecule has 122 valence electrons. The molecule has 2 aromatic heterocycles. The van der Waals surface area contributed by atoms with E-state index in [2.05, 4.69) is 10.3 Å². The van der Waals surface area contributed by atoms with E-state index in [9.17, 15) is 14.7 Å². The van der Waals surface area contributed by atoms with Crippen molar-refractivity contribution in [3.05, 3.63) is 52.8 Å². The molecule has 7 nitrogen and oxygen atoms in total. The number of para-hydroxylation sites is 1. The highest BCUT2D eigenvalue weighted by atomic mass is 16.5. The van der Waals surface area contributed by atoms with Crippen LogP contribution in [0.25, 0.3) is 22.4 Å². The van der Waals surface area contributed by atoms with E-state index >= 15 is 0 Å². The Morgan fingerprint density at radius 2 is 2.17 bits per heavy atom. The van der Waals surface area contributed by atoms with E-state index in [-0.39, 0.29) is 40.2 Å². The zero-order valence-corrected chi connectivity index (χ0v) is 12.8. The zero-order valence-electron chi connectivity index (χ0n) is 12.8. The number of rotatable bonds is 3. The van der Waals surface area contributed by atoms with Gasteiger partial charge in [-0.1, -0.05) is 6.07 Å². The third-order valence-corrected chi connectivity index (χ3v) is 3.29. The topological polar surface area (TPSA) is 102 Å². The normalized spacial score (nSPS) is 10.5. The van der Waals surface area contributed by atoms with Crippen molar-refractivity contribution in [3.8, 4) is 17.2 Å². The first-order valence-corrected chi connectivity index (χ1v) is 7.25. The summed E-state index contributed by atoms with van der Waals surface area (Å²) in [5, 5.41) is 12.7. The average molecular weight is 326 g/mol. The first-order valence-electron chi connectivity index (χ1n) is 7.25. The van der Waals surface area contributed by atoms with Crippen molar-refractivity contribution in [3.63, 3.8) is 0 Å². The van der Waals surface area contributed by atoms with Crippen LogP contribution in [0.15, 0.2) is 51.8 Å². The van der Waals surface area contributed by atoms with E-state index in [0.717, 1.165) is 0 Å². The number of phenols is 1. The van der Waals surface area contributed by atoms with Crippen LogP contribution in [-0.4, -0.2) is 22.8 Å². The Balaban J connectivity index is 2.13. The fourth-order valence-electron chi connectivity index (χ4n) is 2.26. The van der Waals surface area contributed by atoms with Gasteiger partial charge in [-0.05, 0) is 31.2 Å². The highest BCUT2D eigenvalue weighted by Crippen LogP contribution is 2.30. The van der Waals surface area contributed by atoms with Gasteiger partial charge in [0.2, 0.25) is 0 Å². The van der Waals surface area contributed by atoms with Crippen LogP contribution >= 0.6 is 0 Å². The Kier molecular flexibility index (Phi) is 4.15. The molecule has 0 saturated carbocycles. The zero-order chi connectivity index (χ0) is 17.1. The van der Waals surface area contributed by atoms with E-state index in [1.807, 2.05) is 0 Å². The third-order valence-electron chi connectivity index (χ3n) is 3.29. The molecule has 1 amide bonds. The predicted octanol–water partition coefficient (Wildman–Crippen LogP) is 3.13. The number of fused-ring (bicyclic) bond motifs is 1. The van der Waals surface area contributed by atoms with Crippen molar-refractivity contribution in [2.75, 3.05) is 11.9 Å². The van der Waals surface area contributed by atoms with Crippen molar-refractivity contribution < 1.29 is 19.1 Å². The summed E-state index contributed by atoms with van der Waals surface area (Å²) in [6, 6.07) is 9.03. The number of phenolic OH excluding ortho intramolecular Hbond substituents is 1. The largest absolute Gasteiger partial charge is 0.504 e. The maximum Gasteiger partial charge on any atom is 0.411 e. The van der Waals surface area contributed by atoms with Gasteiger partial charge in [0.1, 0.15) is 5.69 Å². The molecule has 0 spiro atoms. The molecule has 2 N–H and O–H groups in total. The number of carbonyl (C=O) groups excluding carboxylic acids is 1. The molecule has 24 heavy (non-hydrogen) atoms. The Morgan fingerprint density at radius 3 is 2.96 bits per heavy atom. The van der Waals surface area contributed by atoms with E-state index in [4.69, 9.17) is 9.15 Å². The molecule has 0 aliphatic rings. The van der Waals surface area contributed by atoms with E-state index in [0.29, 0.717) is 5.69 Å². The molecule has 0 fully saturated rings. The molecule has 3 rings (SSSR count). The van der Waals surface area contributed by atoms with Gasteiger partial charge in [0.15, 0.2) is 22.5 Å². The number of hydrogen-bond donors (Lipinski definition) is 2. The van der Waals surface area contributed by atoms with E-state index < -0.39 is 6.09 Å². The first-order chi connectivity index (χ1) is 11.6. The molecule has 0 unspecified atom stereocenters. The molecule has 0 atom stereocenters. The van der Waals surface area contributed by atoms with Gasteiger partial charge in [-0.2, -0.15) is 0 Å². The minimum Gasteiger partial charge on any atom is -0.504 e. The number of carbonyl (C=O) groups is 1. The van der Waals surface area contributed by atoms with Crippen molar-refractivity contribution >= 4 is 22.7 Å². The lowest BCUT2D eigenvalue weighted by molar-refractivity contribution is 0.168. The molecule has 3 aromatic rings. The summed E-state index contributed by atoms with van der Waals surface area (Å²) < 4.78 is 10.5. The Morgan fingerprint density at radius 1 is 1.33 bits per heavy atom. The summed E-state index contributed by atoms with van der Waals surface area (Å²) >= 11 is 0. The van der Waals surface area contributed by atoms with Gasteiger partial charge >= 0.3 is 6.09 Å². The van der Waals surface area contributed by atoms with Gasteiger partial charge in [-0.15, -0.1) is 0 Å². The maximum atomic E-state index is 12.3. The Labute approximate surface area is 136 Å². The molecule has 1 aromatic carbocycles. The second-order valence-electron chi connectivity index (χ2n) is 4.87. The molecule has 0 aliphatic heterocycles. The monoisotopic (exact) mass is 326 g/mol. The van der Waals surface area contributed by atoms with Crippen LogP contribution in [0.3, 0.4) is 0 Å². The molecule has 2 heterocycles. The molecule has 0 bridgehead atoms. The van der Waals surface area contributed by atoms with Gasteiger partial charge in [0.25, 0.3) is 0 Å². The summed E-state index contributed by atoms with van der Waals surface area (Å²) in [6.45, 7) is 1.91. The number of aromatic hydroxyl groups is 1. The van der Waals surface area contributed by atoms with Crippen LogP contribution in [0.2, 0.25) is 0 Å². The van der Waals surface area contributed by atoms with Crippen LogP contribution in [-0.2, 0) is 4.74 Å². The molecular formula is C17H14N2O5. The number of benzene rings is 1. The van der Waals surface area contributed by atoms with Crippen molar-refractivity contribution in [2.24, 2.45) is 0 Å². The number of nitrogens with zero attached hydrogens (tertiary/aromatic N) is 1. The number of amides is 1. The molecule has 7 heteroatoms. The summed E-state index contributed by atoms with van der Waals surface area (Å²) in [6.07, 6.45) is 0.860. The molecule has 0 aliphatic carbocycles. The van der Waals surface area contributed by atoms with Gasteiger partial charge in [-0.25, -0.2) is 4.79 Å². The standard InChI is InChI=1S/C17H14N2O5/c1-2-23-17(22)19-11-6-4-8-18-15(11)14-9-13(21)10-5-3-7-12(20)16(10)24-14/h3-9,20H,2H2,1H3,(H,19,22). The minimum absolute atomic E-state index is 0.0627. The number of nitrogens with one attached hydrogen (secondary N) is 1. The summed E-state index contributed by atoms with van der Waals surface area (Å²) in [4.78, 5) is 28.0. The Bertz CT molecular complexity index is 965.